The first-order chi connectivity index (χ1) is 11.1. The lowest BCUT2D eigenvalue weighted by Crippen LogP contribution is -2.12. The van der Waals surface area contributed by atoms with Gasteiger partial charge in [-0.05, 0) is 36.8 Å². The predicted molar refractivity (Wildman–Crippen MR) is 93.5 cm³/mol. The Bertz CT molecular complexity index is 833. The van der Waals surface area contributed by atoms with Gasteiger partial charge in [0, 0.05) is 16.7 Å². The van der Waals surface area contributed by atoms with Gasteiger partial charge >= 0.3 is 0 Å². The van der Waals surface area contributed by atoms with E-state index in [1.165, 1.54) is 11.3 Å². The molecule has 7 heteroatoms. The van der Waals surface area contributed by atoms with Gasteiger partial charge in [-0.2, -0.15) is 0 Å². The highest BCUT2D eigenvalue weighted by Crippen LogP contribution is 2.35. The second-order valence-corrected chi connectivity index (χ2v) is 7.17. The van der Waals surface area contributed by atoms with Gasteiger partial charge in [-0.15, -0.1) is 0 Å². The summed E-state index contributed by atoms with van der Waals surface area (Å²) < 4.78 is 1.02. The summed E-state index contributed by atoms with van der Waals surface area (Å²) in [5.74, 6) is 0.344. The fraction of sp³-hybridized carbons (Fsp3) is 0.0625. The van der Waals surface area contributed by atoms with Crippen molar-refractivity contribution in [3.8, 4) is 0 Å². The van der Waals surface area contributed by atoms with E-state index in [-0.39, 0.29) is 0 Å². The number of nitrogens with one attached hydrogen (secondary N) is 1. The highest BCUT2D eigenvalue weighted by Gasteiger charge is 2.09. The van der Waals surface area contributed by atoms with Crippen LogP contribution in [0.1, 0.15) is 15.9 Å². The molecule has 0 saturated heterocycles. The number of hydrogen-bond donors (Lipinski definition) is 2. The highest BCUT2D eigenvalue weighted by molar-refractivity contribution is 8.01. The van der Waals surface area contributed by atoms with Crippen molar-refractivity contribution in [1.29, 1.82) is 0 Å². The molecule has 23 heavy (non-hydrogen) atoms. The molecule has 0 fully saturated rings. The monoisotopic (exact) mass is 342 g/mol. The van der Waals surface area contributed by atoms with Gasteiger partial charge in [0.1, 0.15) is 5.82 Å². The second-order valence-electron chi connectivity index (χ2n) is 4.77. The molecule has 3 N–H and O–H groups in total. The van der Waals surface area contributed by atoms with Gasteiger partial charge in [0.05, 0.1) is 10.4 Å². The minimum atomic E-state index is -0.410. The van der Waals surface area contributed by atoms with Crippen LogP contribution in [0.25, 0.3) is 0 Å². The Morgan fingerprint density at radius 3 is 2.87 bits per heavy atom. The van der Waals surface area contributed by atoms with E-state index >= 15 is 0 Å². The number of nitrogens with zero attached hydrogens (tertiary/aromatic N) is 2. The number of benzene rings is 1. The predicted octanol–water partition coefficient (Wildman–Crippen LogP) is 3.84. The van der Waals surface area contributed by atoms with Crippen molar-refractivity contribution in [2.45, 2.75) is 16.0 Å². The third-order valence-electron chi connectivity index (χ3n) is 3.08. The number of anilines is 2. The minimum absolute atomic E-state index is 0.410. The lowest BCUT2D eigenvalue weighted by Gasteiger charge is -2.04. The Morgan fingerprint density at radius 1 is 1.26 bits per heavy atom. The van der Waals surface area contributed by atoms with Crippen molar-refractivity contribution in [3.05, 3.63) is 59.9 Å². The minimum Gasteiger partial charge on any atom is -0.366 e. The summed E-state index contributed by atoms with van der Waals surface area (Å²) in [4.78, 5) is 20.9. The fourth-order valence-corrected chi connectivity index (χ4v) is 3.86. The van der Waals surface area contributed by atoms with E-state index in [0.29, 0.717) is 5.56 Å². The SMILES string of the molecule is Cc1ccc(Sc2cnc(Nc3ccccn3)s2)cc1C(N)=O. The first-order valence-electron chi connectivity index (χ1n) is 6.84. The number of carbonyl (C=O) groups excluding carboxylic acids is 1. The van der Waals surface area contributed by atoms with Crippen LogP contribution in [0.2, 0.25) is 0 Å². The van der Waals surface area contributed by atoms with Crippen LogP contribution in [-0.4, -0.2) is 15.9 Å². The molecule has 2 aromatic heterocycles. The van der Waals surface area contributed by atoms with Crippen molar-refractivity contribution in [2.24, 2.45) is 5.73 Å². The number of aryl methyl sites for hydroxylation is 1. The average molecular weight is 342 g/mol. The zero-order valence-corrected chi connectivity index (χ0v) is 13.9. The Hall–Kier alpha value is -2.38. The van der Waals surface area contributed by atoms with Crippen molar-refractivity contribution in [2.75, 3.05) is 5.32 Å². The molecule has 0 unspecified atom stereocenters. The topological polar surface area (TPSA) is 80.9 Å². The zero-order valence-electron chi connectivity index (χ0n) is 12.3. The maximum atomic E-state index is 11.4. The van der Waals surface area contributed by atoms with Crippen molar-refractivity contribution in [3.63, 3.8) is 0 Å². The van der Waals surface area contributed by atoms with Crippen molar-refractivity contribution >= 4 is 40.0 Å². The van der Waals surface area contributed by atoms with Gasteiger partial charge < -0.3 is 11.1 Å². The van der Waals surface area contributed by atoms with E-state index in [0.717, 1.165) is 25.6 Å². The van der Waals surface area contributed by atoms with Crippen LogP contribution in [0.3, 0.4) is 0 Å². The zero-order chi connectivity index (χ0) is 16.2. The molecule has 2 heterocycles. The molecule has 0 aliphatic heterocycles. The quantitative estimate of drug-likeness (QED) is 0.736. The van der Waals surface area contributed by atoms with Gasteiger partial charge in [-0.25, -0.2) is 9.97 Å². The van der Waals surface area contributed by atoms with Crippen molar-refractivity contribution in [1.82, 2.24) is 9.97 Å². The van der Waals surface area contributed by atoms with Gasteiger partial charge in [0.2, 0.25) is 5.91 Å². The van der Waals surface area contributed by atoms with E-state index in [9.17, 15) is 4.79 Å². The maximum absolute atomic E-state index is 11.4. The normalized spacial score (nSPS) is 10.5. The van der Waals surface area contributed by atoms with Crippen LogP contribution >= 0.6 is 23.1 Å². The molecule has 5 nitrogen and oxygen atoms in total. The van der Waals surface area contributed by atoms with E-state index in [2.05, 4.69) is 15.3 Å². The summed E-state index contributed by atoms with van der Waals surface area (Å²) in [6.07, 6.45) is 3.52. The molecule has 3 aromatic rings. The Balaban J connectivity index is 1.74. The number of carbonyl (C=O) groups is 1. The molecule has 116 valence electrons. The summed E-state index contributed by atoms with van der Waals surface area (Å²) >= 11 is 3.07. The lowest BCUT2D eigenvalue weighted by molar-refractivity contribution is 0.0999. The molecule has 1 aromatic carbocycles. The molecule has 0 spiro atoms. The number of primary amides is 1. The standard InChI is InChI=1S/C16H14N4OS2/c1-10-5-6-11(8-12(10)15(17)21)22-14-9-19-16(23-14)20-13-4-2-3-7-18-13/h2-9H,1H3,(H2,17,21)(H,18,19,20). The van der Waals surface area contributed by atoms with Crippen LogP contribution < -0.4 is 11.1 Å². The number of thiazole rings is 1. The summed E-state index contributed by atoms with van der Waals surface area (Å²) in [5, 5.41) is 3.93. The van der Waals surface area contributed by atoms with Gasteiger partial charge in [0.15, 0.2) is 5.13 Å². The molecule has 0 bridgehead atoms. The molecular weight excluding hydrogens is 328 g/mol. The van der Waals surface area contributed by atoms with Gasteiger partial charge in [-0.1, -0.05) is 35.2 Å². The molecule has 1 amide bonds. The third-order valence-corrected chi connectivity index (χ3v) is 5.08. The van der Waals surface area contributed by atoms with Crippen LogP contribution in [0.4, 0.5) is 10.9 Å². The molecule has 0 radical (unpaired) electrons. The molecule has 0 aliphatic rings. The van der Waals surface area contributed by atoms with E-state index in [1.807, 2.05) is 43.3 Å². The van der Waals surface area contributed by atoms with Crippen LogP contribution in [-0.2, 0) is 0 Å². The number of amides is 1. The Kier molecular flexibility index (Phi) is 4.59. The number of hydrogen-bond acceptors (Lipinski definition) is 6. The van der Waals surface area contributed by atoms with Crippen LogP contribution in [0.5, 0.6) is 0 Å². The van der Waals surface area contributed by atoms with Crippen LogP contribution in [0, 0.1) is 6.92 Å². The number of pyridine rings is 1. The number of aromatic nitrogens is 2. The number of rotatable bonds is 5. The summed E-state index contributed by atoms with van der Waals surface area (Å²) in [5.41, 5.74) is 6.82. The van der Waals surface area contributed by atoms with E-state index < -0.39 is 5.91 Å². The van der Waals surface area contributed by atoms with Crippen molar-refractivity contribution < 1.29 is 4.79 Å². The molecule has 0 atom stereocenters. The lowest BCUT2D eigenvalue weighted by atomic mass is 10.1. The number of nitrogens with two attached hydrogens (primary N) is 1. The molecule has 3 rings (SSSR count). The maximum Gasteiger partial charge on any atom is 0.249 e. The van der Waals surface area contributed by atoms with E-state index in [1.54, 1.807) is 24.2 Å². The largest absolute Gasteiger partial charge is 0.366 e. The Labute approximate surface area is 142 Å². The smallest absolute Gasteiger partial charge is 0.249 e. The molecular formula is C16H14N4OS2. The fourth-order valence-electron chi connectivity index (χ4n) is 1.96. The Morgan fingerprint density at radius 2 is 2.13 bits per heavy atom. The molecule has 0 aliphatic carbocycles. The second kappa shape index (κ2) is 6.80. The highest BCUT2D eigenvalue weighted by atomic mass is 32.2. The molecule has 0 saturated carbocycles. The van der Waals surface area contributed by atoms with E-state index in [4.69, 9.17) is 5.73 Å². The first kappa shape index (κ1) is 15.5. The summed E-state index contributed by atoms with van der Waals surface area (Å²) in [7, 11) is 0. The average Bonchev–Trinajstić information content (AvgIpc) is 2.97. The van der Waals surface area contributed by atoms with Gasteiger partial charge in [-0.3, -0.25) is 4.79 Å². The van der Waals surface area contributed by atoms with Crippen LogP contribution in [0.15, 0.2) is 57.9 Å². The summed E-state index contributed by atoms with van der Waals surface area (Å²) in [6, 6.07) is 11.3. The third kappa shape index (κ3) is 3.88. The summed E-state index contributed by atoms with van der Waals surface area (Å²) in [6.45, 7) is 1.87. The first-order valence-corrected chi connectivity index (χ1v) is 8.47. The van der Waals surface area contributed by atoms with Gasteiger partial charge in [0.25, 0.3) is 0 Å².